The molecule has 0 unspecified atom stereocenters. The summed E-state index contributed by atoms with van der Waals surface area (Å²) in [6.45, 7) is 6.50. The lowest BCUT2D eigenvalue weighted by atomic mass is 9.95. The zero-order valence-corrected chi connectivity index (χ0v) is 10.1. The topological polar surface area (TPSA) is 41.6 Å². The predicted molar refractivity (Wildman–Crippen MR) is 62.2 cm³/mol. The van der Waals surface area contributed by atoms with Crippen LogP contribution < -0.4 is 5.32 Å². The molecule has 0 aliphatic carbocycles. The smallest absolute Gasteiger partial charge is 0.223 e. The maximum atomic E-state index is 12.1. The van der Waals surface area contributed by atoms with E-state index < -0.39 is 0 Å². The normalized spacial score (nSPS) is 28.1. The summed E-state index contributed by atoms with van der Waals surface area (Å²) < 4.78 is 5.31. The van der Waals surface area contributed by atoms with Crippen LogP contribution in [-0.4, -0.2) is 49.7 Å². The van der Waals surface area contributed by atoms with Crippen LogP contribution in [0.2, 0.25) is 0 Å². The Morgan fingerprint density at radius 1 is 1.44 bits per heavy atom. The van der Waals surface area contributed by atoms with Crippen LogP contribution in [0.15, 0.2) is 0 Å². The van der Waals surface area contributed by atoms with E-state index in [1.54, 1.807) is 0 Å². The molecule has 1 atom stereocenters. The van der Waals surface area contributed by atoms with E-state index in [1.807, 2.05) is 4.90 Å². The second kappa shape index (κ2) is 5.64. The van der Waals surface area contributed by atoms with E-state index in [2.05, 4.69) is 12.2 Å². The maximum absolute atomic E-state index is 12.1. The van der Waals surface area contributed by atoms with Crippen molar-refractivity contribution in [3.8, 4) is 0 Å². The third-order valence-electron chi connectivity index (χ3n) is 3.63. The van der Waals surface area contributed by atoms with Crippen LogP contribution in [0, 0.1) is 5.92 Å². The Morgan fingerprint density at radius 2 is 2.19 bits per heavy atom. The summed E-state index contributed by atoms with van der Waals surface area (Å²) in [7, 11) is 0. The molecule has 2 rings (SSSR count). The summed E-state index contributed by atoms with van der Waals surface area (Å²) in [4.78, 5) is 14.2. The Bertz CT molecular complexity index is 239. The van der Waals surface area contributed by atoms with Crippen molar-refractivity contribution in [2.45, 2.75) is 32.2 Å². The predicted octanol–water partition coefficient (Wildman–Crippen LogP) is 0.623. The fourth-order valence-electron chi connectivity index (χ4n) is 2.53. The Labute approximate surface area is 97.3 Å². The van der Waals surface area contributed by atoms with Crippen molar-refractivity contribution >= 4 is 5.91 Å². The van der Waals surface area contributed by atoms with Gasteiger partial charge in [-0.25, -0.2) is 0 Å². The molecule has 0 aromatic heterocycles. The van der Waals surface area contributed by atoms with Gasteiger partial charge < -0.3 is 15.0 Å². The zero-order valence-electron chi connectivity index (χ0n) is 10.1. The Morgan fingerprint density at radius 3 is 2.88 bits per heavy atom. The van der Waals surface area contributed by atoms with Crippen LogP contribution in [0.3, 0.4) is 0 Å². The number of piperazine rings is 1. The Balaban J connectivity index is 1.81. The lowest BCUT2D eigenvalue weighted by Crippen LogP contribution is -2.52. The Hall–Kier alpha value is -0.610. The van der Waals surface area contributed by atoms with Gasteiger partial charge in [-0.3, -0.25) is 4.79 Å². The van der Waals surface area contributed by atoms with Gasteiger partial charge in [0.15, 0.2) is 0 Å². The van der Waals surface area contributed by atoms with Gasteiger partial charge in [0.25, 0.3) is 0 Å². The third-order valence-corrected chi connectivity index (χ3v) is 3.63. The molecule has 0 bridgehead atoms. The van der Waals surface area contributed by atoms with Crippen LogP contribution in [0.5, 0.6) is 0 Å². The minimum Gasteiger partial charge on any atom is -0.381 e. The summed E-state index contributed by atoms with van der Waals surface area (Å²) >= 11 is 0. The molecule has 4 nitrogen and oxygen atoms in total. The van der Waals surface area contributed by atoms with Gasteiger partial charge in [-0.05, 0) is 25.7 Å². The number of carbonyl (C=O) groups is 1. The summed E-state index contributed by atoms with van der Waals surface area (Å²) in [6, 6.07) is 0.348. The first-order chi connectivity index (χ1) is 7.77. The summed E-state index contributed by atoms with van der Waals surface area (Å²) in [5, 5.41) is 3.31. The molecule has 0 aromatic rings. The van der Waals surface area contributed by atoms with E-state index in [0.29, 0.717) is 24.3 Å². The van der Waals surface area contributed by atoms with Crippen LogP contribution in [0.1, 0.15) is 26.2 Å². The van der Waals surface area contributed by atoms with E-state index in [0.717, 1.165) is 45.7 Å². The molecular weight excluding hydrogens is 204 g/mol. The minimum atomic E-state index is 0.334. The molecule has 2 aliphatic rings. The highest BCUT2D eigenvalue weighted by Gasteiger charge is 2.25. The van der Waals surface area contributed by atoms with Gasteiger partial charge >= 0.3 is 0 Å². The van der Waals surface area contributed by atoms with Gasteiger partial charge in [-0.2, -0.15) is 0 Å². The van der Waals surface area contributed by atoms with Crippen molar-refractivity contribution in [1.29, 1.82) is 0 Å². The first-order valence-corrected chi connectivity index (χ1v) is 6.35. The van der Waals surface area contributed by atoms with Crippen molar-refractivity contribution in [3.05, 3.63) is 0 Å². The third kappa shape index (κ3) is 2.95. The van der Waals surface area contributed by atoms with Gasteiger partial charge in [-0.1, -0.05) is 0 Å². The van der Waals surface area contributed by atoms with Gasteiger partial charge in [0, 0.05) is 45.3 Å². The first-order valence-electron chi connectivity index (χ1n) is 6.35. The van der Waals surface area contributed by atoms with Crippen molar-refractivity contribution < 1.29 is 9.53 Å². The van der Waals surface area contributed by atoms with Crippen LogP contribution >= 0.6 is 0 Å². The molecule has 0 saturated carbocycles. The van der Waals surface area contributed by atoms with Crippen LogP contribution in [-0.2, 0) is 9.53 Å². The standard InChI is InChI=1S/C12H22N2O2/c1-10-9-13-4-5-14(10)12(15)8-11-2-6-16-7-3-11/h10-11,13H,2-9H2,1H3/t10-/m1/s1. The van der Waals surface area contributed by atoms with Crippen LogP contribution in [0.25, 0.3) is 0 Å². The van der Waals surface area contributed by atoms with Crippen LogP contribution in [0.4, 0.5) is 0 Å². The van der Waals surface area contributed by atoms with Gasteiger partial charge in [0.1, 0.15) is 0 Å². The van der Waals surface area contributed by atoms with E-state index in [4.69, 9.17) is 4.74 Å². The average molecular weight is 226 g/mol. The molecule has 2 heterocycles. The number of nitrogens with zero attached hydrogens (tertiary/aromatic N) is 1. The second-order valence-electron chi connectivity index (χ2n) is 4.90. The lowest BCUT2D eigenvalue weighted by Gasteiger charge is -2.35. The number of amides is 1. The van der Waals surface area contributed by atoms with Crippen molar-refractivity contribution in [3.63, 3.8) is 0 Å². The van der Waals surface area contributed by atoms with Gasteiger partial charge in [0.2, 0.25) is 5.91 Å². The van der Waals surface area contributed by atoms with E-state index >= 15 is 0 Å². The average Bonchev–Trinajstić information content (AvgIpc) is 2.31. The first kappa shape index (κ1) is 11.9. The molecule has 2 aliphatic heterocycles. The number of carbonyl (C=O) groups excluding carboxylic acids is 1. The second-order valence-corrected chi connectivity index (χ2v) is 4.90. The quantitative estimate of drug-likeness (QED) is 0.750. The van der Waals surface area contributed by atoms with Gasteiger partial charge in [0.05, 0.1) is 0 Å². The molecule has 1 amide bonds. The largest absolute Gasteiger partial charge is 0.381 e. The highest BCUT2D eigenvalue weighted by molar-refractivity contribution is 5.77. The van der Waals surface area contributed by atoms with Gasteiger partial charge in [-0.15, -0.1) is 0 Å². The number of hydrogen-bond acceptors (Lipinski definition) is 3. The Kier molecular flexibility index (Phi) is 4.18. The molecule has 16 heavy (non-hydrogen) atoms. The fraction of sp³-hybridized carbons (Fsp3) is 0.917. The number of nitrogens with one attached hydrogen (secondary N) is 1. The molecular formula is C12H22N2O2. The highest BCUT2D eigenvalue weighted by atomic mass is 16.5. The van der Waals surface area contributed by atoms with Crippen molar-refractivity contribution in [2.24, 2.45) is 5.92 Å². The molecule has 0 spiro atoms. The number of ether oxygens (including phenoxy) is 1. The summed E-state index contributed by atoms with van der Waals surface area (Å²) in [5.74, 6) is 0.879. The van der Waals surface area contributed by atoms with E-state index in [9.17, 15) is 4.79 Å². The van der Waals surface area contributed by atoms with Crippen molar-refractivity contribution in [1.82, 2.24) is 10.2 Å². The molecule has 92 valence electrons. The van der Waals surface area contributed by atoms with Crippen molar-refractivity contribution in [2.75, 3.05) is 32.8 Å². The molecule has 2 fully saturated rings. The van der Waals surface area contributed by atoms with E-state index in [-0.39, 0.29) is 0 Å². The molecule has 2 saturated heterocycles. The zero-order chi connectivity index (χ0) is 11.4. The number of hydrogen-bond donors (Lipinski definition) is 1. The molecule has 4 heteroatoms. The fourth-order valence-corrected chi connectivity index (χ4v) is 2.53. The lowest BCUT2D eigenvalue weighted by molar-refractivity contribution is -0.135. The summed E-state index contributed by atoms with van der Waals surface area (Å²) in [5.41, 5.74) is 0. The maximum Gasteiger partial charge on any atom is 0.223 e. The SMILES string of the molecule is C[C@@H]1CNCCN1C(=O)CC1CCOCC1. The molecule has 0 aromatic carbocycles. The highest BCUT2D eigenvalue weighted by Crippen LogP contribution is 2.20. The molecule has 1 N–H and O–H groups in total. The number of rotatable bonds is 2. The minimum absolute atomic E-state index is 0.334. The molecule has 0 radical (unpaired) electrons. The van der Waals surface area contributed by atoms with E-state index in [1.165, 1.54) is 0 Å². The summed E-state index contributed by atoms with van der Waals surface area (Å²) in [6.07, 6.45) is 2.81. The monoisotopic (exact) mass is 226 g/mol.